The molecule has 1 aliphatic carbocycles. The third-order valence-corrected chi connectivity index (χ3v) is 4.15. The smallest absolute Gasteiger partial charge is 0.0588 e. The highest BCUT2D eigenvalue weighted by Gasteiger charge is 2.23. The Morgan fingerprint density at radius 2 is 2.06 bits per heavy atom. The zero-order valence-corrected chi connectivity index (χ0v) is 11.1. The van der Waals surface area contributed by atoms with Gasteiger partial charge >= 0.3 is 0 Å². The predicted molar refractivity (Wildman–Crippen MR) is 71.3 cm³/mol. The number of unbranched alkanes of at least 4 members (excludes halogenated alkanes) is 1. The fourth-order valence-corrected chi connectivity index (χ4v) is 2.90. The van der Waals surface area contributed by atoms with Gasteiger partial charge in [0.2, 0.25) is 0 Å². The van der Waals surface area contributed by atoms with Gasteiger partial charge in [-0.25, -0.2) is 0 Å². The van der Waals surface area contributed by atoms with Crippen LogP contribution in [0.2, 0.25) is 0 Å². The second-order valence-corrected chi connectivity index (χ2v) is 5.54. The van der Waals surface area contributed by atoms with E-state index in [0.29, 0.717) is 5.92 Å². The second-order valence-electron chi connectivity index (χ2n) is 5.01. The molecule has 2 atom stereocenters. The van der Waals surface area contributed by atoms with Crippen molar-refractivity contribution in [1.82, 2.24) is 0 Å². The molecule has 0 amide bonds. The van der Waals surface area contributed by atoms with E-state index < -0.39 is 0 Å². The molecule has 1 aliphatic rings. The number of aryl methyl sites for hydroxylation is 1. The van der Waals surface area contributed by atoms with E-state index in [1.54, 1.807) is 0 Å². The van der Waals surface area contributed by atoms with Gasteiger partial charge in [0.15, 0.2) is 0 Å². The highest BCUT2D eigenvalue weighted by atomic mass is 35.5. The van der Waals surface area contributed by atoms with Gasteiger partial charge in [-0.3, -0.25) is 0 Å². The Balaban J connectivity index is 2.25. The minimum atomic E-state index is 0.243. The van der Waals surface area contributed by atoms with E-state index in [4.69, 9.17) is 11.6 Å². The van der Waals surface area contributed by atoms with Crippen molar-refractivity contribution in [1.29, 1.82) is 0 Å². The number of hydrogen-bond acceptors (Lipinski definition) is 0. The summed E-state index contributed by atoms with van der Waals surface area (Å²) in [5.74, 6) is 0.685. The fraction of sp³-hybridized carbons (Fsp3) is 0.600. The van der Waals surface area contributed by atoms with Crippen molar-refractivity contribution >= 4 is 11.6 Å². The van der Waals surface area contributed by atoms with Crippen LogP contribution in [-0.4, -0.2) is 0 Å². The first-order valence-corrected chi connectivity index (χ1v) is 6.92. The lowest BCUT2D eigenvalue weighted by atomic mass is 9.82. The molecule has 0 radical (unpaired) electrons. The molecule has 0 saturated carbocycles. The van der Waals surface area contributed by atoms with E-state index in [0.717, 1.165) is 6.42 Å². The van der Waals surface area contributed by atoms with Crippen molar-refractivity contribution < 1.29 is 0 Å². The molecule has 16 heavy (non-hydrogen) atoms. The molecule has 0 bridgehead atoms. The Labute approximate surface area is 104 Å². The van der Waals surface area contributed by atoms with E-state index in [-0.39, 0.29) is 5.38 Å². The normalized spacial score (nSPS) is 24.2. The molecule has 0 fully saturated rings. The van der Waals surface area contributed by atoms with Crippen LogP contribution in [0.1, 0.15) is 67.5 Å². The van der Waals surface area contributed by atoms with E-state index in [1.807, 2.05) is 0 Å². The highest BCUT2D eigenvalue weighted by molar-refractivity contribution is 6.21. The van der Waals surface area contributed by atoms with Crippen LogP contribution in [0.5, 0.6) is 0 Å². The number of alkyl halides is 1. The summed E-state index contributed by atoms with van der Waals surface area (Å²) in [5.41, 5.74) is 4.33. The summed E-state index contributed by atoms with van der Waals surface area (Å²) in [5, 5.41) is 0.243. The van der Waals surface area contributed by atoms with Gasteiger partial charge in [0.25, 0.3) is 0 Å². The summed E-state index contributed by atoms with van der Waals surface area (Å²) in [6.45, 7) is 4.55. The molecule has 1 heteroatoms. The van der Waals surface area contributed by atoms with Crippen LogP contribution >= 0.6 is 11.6 Å². The SMILES string of the molecule is CCCCc1ccc2c(c1)C(Cl)CCC2C. The summed E-state index contributed by atoms with van der Waals surface area (Å²) in [6, 6.07) is 6.94. The van der Waals surface area contributed by atoms with E-state index in [2.05, 4.69) is 32.0 Å². The molecular formula is C15H21Cl. The highest BCUT2D eigenvalue weighted by Crippen LogP contribution is 2.41. The Morgan fingerprint density at radius 3 is 2.81 bits per heavy atom. The fourth-order valence-electron chi connectivity index (χ4n) is 2.59. The molecule has 0 saturated heterocycles. The lowest BCUT2D eigenvalue weighted by Gasteiger charge is -2.26. The molecule has 1 aromatic carbocycles. The zero-order valence-electron chi connectivity index (χ0n) is 10.3. The minimum Gasteiger partial charge on any atom is -0.118 e. The average Bonchev–Trinajstić information content (AvgIpc) is 2.31. The van der Waals surface area contributed by atoms with Crippen LogP contribution in [0, 0.1) is 0 Å². The van der Waals surface area contributed by atoms with Gasteiger partial charge in [-0.2, -0.15) is 0 Å². The summed E-state index contributed by atoms with van der Waals surface area (Å²) in [6.07, 6.45) is 6.10. The molecule has 1 aromatic rings. The number of rotatable bonds is 3. The molecule has 0 aliphatic heterocycles. The van der Waals surface area contributed by atoms with Gasteiger partial charge in [0, 0.05) is 0 Å². The van der Waals surface area contributed by atoms with Crippen molar-refractivity contribution in [2.24, 2.45) is 0 Å². The Bertz CT molecular complexity index is 356. The van der Waals surface area contributed by atoms with E-state index in [9.17, 15) is 0 Å². The van der Waals surface area contributed by atoms with Gasteiger partial charge in [-0.1, -0.05) is 38.5 Å². The van der Waals surface area contributed by atoms with Gasteiger partial charge in [-0.05, 0) is 48.3 Å². The lowest BCUT2D eigenvalue weighted by molar-refractivity contribution is 0.577. The molecule has 0 N–H and O–H groups in total. The lowest BCUT2D eigenvalue weighted by Crippen LogP contribution is -2.09. The van der Waals surface area contributed by atoms with Crippen LogP contribution in [0.15, 0.2) is 18.2 Å². The maximum Gasteiger partial charge on any atom is 0.0588 e. The van der Waals surface area contributed by atoms with Gasteiger partial charge in [0.05, 0.1) is 5.38 Å². The van der Waals surface area contributed by atoms with Crippen LogP contribution in [0.25, 0.3) is 0 Å². The summed E-state index contributed by atoms with van der Waals surface area (Å²) < 4.78 is 0. The zero-order chi connectivity index (χ0) is 11.5. The topological polar surface area (TPSA) is 0 Å². The van der Waals surface area contributed by atoms with Gasteiger partial charge < -0.3 is 0 Å². The van der Waals surface area contributed by atoms with E-state index >= 15 is 0 Å². The molecule has 0 aromatic heterocycles. The molecule has 2 unspecified atom stereocenters. The van der Waals surface area contributed by atoms with Gasteiger partial charge in [0.1, 0.15) is 0 Å². The summed E-state index contributed by atoms with van der Waals surface area (Å²) in [4.78, 5) is 0. The van der Waals surface area contributed by atoms with Crippen LogP contribution in [0.4, 0.5) is 0 Å². The van der Waals surface area contributed by atoms with Crippen molar-refractivity contribution in [3.05, 3.63) is 34.9 Å². The molecular weight excluding hydrogens is 216 g/mol. The van der Waals surface area contributed by atoms with Crippen molar-refractivity contribution in [3.8, 4) is 0 Å². The molecule has 0 spiro atoms. The summed E-state index contributed by atoms with van der Waals surface area (Å²) in [7, 11) is 0. The third-order valence-electron chi connectivity index (χ3n) is 3.69. The Morgan fingerprint density at radius 1 is 1.25 bits per heavy atom. The van der Waals surface area contributed by atoms with Crippen LogP contribution in [-0.2, 0) is 6.42 Å². The molecule has 2 rings (SSSR count). The number of hydrogen-bond donors (Lipinski definition) is 0. The van der Waals surface area contributed by atoms with E-state index in [1.165, 1.54) is 42.4 Å². The standard InChI is InChI=1S/C15H21Cl/c1-3-4-5-12-7-8-13-11(2)6-9-15(16)14(13)10-12/h7-8,10-11,15H,3-6,9H2,1-2H3. The molecule has 0 heterocycles. The van der Waals surface area contributed by atoms with Crippen LogP contribution in [0.3, 0.4) is 0 Å². The minimum absolute atomic E-state index is 0.243. The monoisotopic (exact) mass is 236 g/mol. The number of fused-ring (bicyclic) bond motifs is 1. The van der Waals surface area contributed by atoms with Crippen molar-refractivity contribution in [2.45, 2.75) is 57.2 Å². The largest absolute Gasteiger partial charge is 0.118 e. The first-order chi connectivity index (χ1) is 7.72. The number of halogens is 1. The van der Waals surface area contributed by atoms with Gasteiger partial charge in [-0.15, -0.1) is 11.6 Å². The maximum absolute atomic E-state index is 6.42. The number of benzene rings is 1. The Hall–Kier alpha value is -0.490. The first kappa shape index (κ1) is 12.0. The predicted octanol–water partition coefficient (Wildman–Crippen LogP) is 5.21. The second kappa shape index (κ2) is 5.23. The third kappa shape index (κ3) is 2.43. The maximum atomic E-state index is 6.42. The quantitative estimate of drug-likeness (QED) is 0.633. The first-order valence-electron chi connectivity index (χ1n) is 6.49. The van der Waals surface area contributed by atoms with Crippen LogP contribution < -0.4 is 0 Å². The molecule has 88 valence electrons. The van der Waals surface area contributed by atoms with Crippen molar-refractivity contribution in [2.75, 3.05) is 0 Å². The average molecular weight is 237 g/mol. The Kier molecular flexibility index (Phi) is 3.91. The summed E-state index contributed by atoms with van der Waals surface area (Å²) >= 11 is 6.42. The van der Waals surface area contributed by atoms with Crippen molar-refractivity contribution in [3.63, 3.8) is 0 Å². The molecule has 0 nitrogen and oxygen atoms in total.